The Bertz CT molecular complexity index is 1090. The van der Waals surface area contributed by atoms with Gasteiger partial charge in [-0.3, -0.25) is 4.79 Å². The van der Waals surface area contributed by atoms with Crippen LogP contribution >= 0.6 is 23.6 Å². The van der Waals surface area contributed by atoms with Crippen LogP contribution in [0.25, 0.3) is 0 Å². The van der Waals surface area contributed by atoms with Crippen LogP contribution in [-0.2, 0) is 17.6 Å². The average molecular weight is 446 g/mol. The molecular formula is C25H23N3OS2. The first-order chi connectivity index (χ1) is 15.1. The molecule has 0 saturated carbocycles. The highest BCUT2D eigenvalue weighted by atomic mass is 32.1. The van der Waals surface area contributed by atoms with Crippen LogP contribution < -0.4 is 10.6 Å². The van der Waals surface area contributed by atoms with Gasteiger partial charge in [-0.25, -0.2) is 0 Å². The molecule has 1 heterocycles. The maximum absolute atomic E-state index is 13.2. The van der Waals surface area contributed by atoms with Gasteiger partial charge in [-0.05, 0) is 54.1 Å². The number of nitrogens with one attached hydrogen (secondary N) is 2. The Balaban J connectivity index is 1.54. The van der Waals surface area contributed by atoms with Crippen LogP contribution in [0, 0.1) is 17.2 Å². The molecule has 0 spiro atoms. The quantitative estimate of drug-likeness (QED) is 0.529. The average Bonchev–Trinajstić information content (AvgIpc) is 3.11. The van der Waals surface area contributed by atoms with Gasteiger partial charge < -0.3 is 10.6 Å². The van der Waals surface area contributed by atoms with Crippen molar-refractivity contribution < 1.29 is 4.79 Å². The first-order valence-corrected chi connectivity index (χ1v) is 11.6. The number of hydrogen-bond donors (Lipinski definition) is 2. The third-order valence-electron chi connectivity index (χ3n) is 5.62. The van der Waals surface area contributed by atoms with Crippen LogP contribution in [0.2, 0.25) is 0 Å². The highest BCUT2D eigenvalue weighted by Gasteiger charge is 2.26. The molecule has 2 aromatic carbocycles. The molecule has 1 aliphatic carbocycles. The topological polar surface area (TPSA) is 64.9 Å². The van der Waals surface area contributed by atoms with Crippen molar-refractivity contribution >= 4 is 39.6 Å². The first-order valence-electron chi connectivity index (χ1n) is 10.3. The van der Waals surface area contributed by atoms with Gasteiger partial charge in [0.2, 0.25) is 5.91 Å². The number of hydrogen-bond acceptors (Lipinski definition) is 4. The second kappa shape index (κ2) is 9.42. The van der Waals surface area contributed by atoms with Crippen LogP contribution in [0.15, 0.2) is 60.7 Å². The van der Waals surface area contributed by atoms with Gasteiger partial charge in [0.25, 0.3) is 0 Å². The van der Waals surface area contributed by atoms with Gasteiger partial charge >= 0.3 is 0 Å². The molecule has 156 valence electrons. The molecular weight excluding hydrogens is 422 g/mol. The van der Waals surface area contributed by atoms with Crippen LogP contribution in [0.1, 0.15) is 46.4 Å². The van der Waals surface area contributed by atoms with E-state index >= 15 is 0 Å². The monoisotopic (exact) mass is 445 g/mol. The summed E-state index contributed by atoms with van der Waals surface area (Å²) in [6, 6.07) is 21.6. The van der Waals surface area contributed by atoms with Crippen molar-refractivity contribution in [2.24, 2.45) is 5.92 Å². The van der Waals surface area contributed by atoms with E-state index in [-0.39, 0.29) is 11.0 Å². The predicted molar refractivity (Wildman–Crippen MR) is 129 cm³/mol. The van der Waals surface area contributed by atoms with Crippen molar-refractivity contribution in [3.05, 3.63) is 87.8 Å². The van der Waals surface area contributed by atoms with Crippen LogP contribution in [-0.4, -0.2) is 11.0 Å². The Labute approximate surface area is 191 Å². The number of carbonyl (C=O) groups is 1. The minimum atomic E-state index is -0.477. The summed E-state index contributed by atoms with van der Waals surface area (Å²) in [5.41, 5.74) is 3.58. The van der Waals surface area contributed by atoms with E-state index in [1.165, 1.54) is 4.88 Å². The number of nitriles is 1. The number of fused-ring (bicyclic) bond motifs is 1. The molecule has 4 rings (SSSR count). The zero-order valence-electron chi connectivity index (χ0n) is 17.2. The summed E-state index contributed by atoms with van der Waals surface area (Å²) in [4.78, 5) is 14.5. The molecule has 31 heavy (non-hydrogen) atoms. The molecule has 3 aromatic rings. The number of thiocarbonyl (C=S) groups is 1. The van der Waals surface area contributed by atoms with Gasteiger partial charge in [-0.1, -0.05) is 67.6 Å². The summed E-state index contributed by atoms with van der Waals surface area (Å²) >= 11 is 7.03. The summed E-state index contributed by atoms with van der Waals surface area (Å²) in [7, 11) is 0. The van der Waals surface area contributed by atoms with Crippen LogP contribution in [0.4, 0.5) is 5.00 Å². The minimum Gasteiger partial charge on any atom is -0.323 e. The highest BCUT2D eigenvalue weighted by molar-refractivity contribution is 7.80. The van der Waals surface area contributed by atoms with Gasteiger partial charge in [0, 0.05) is 4.88 Å². The third-order valence-corrected chi connectivity index (χ3v) is 6.99. The molecule has 1 aliphatic rings. The fraction of sp³-hybridized carbons (Fsp3) is 0.240. The van der Waals surface area contributed by atoms with Gasteiger partial charge in [-0.15, -0.1) is 11.3 Å². The van der Waals surface area contributed by atoms with E-state index in [1.807, 2.05) is 60.7 Å². The van der Waals surface area contributed by atoms with Gasteiger partial charge in [0.15, 0.2) is 5.11 Å². The van der Waals surface area contributed by atoms with Crippen molar-refractivity contribution in [1.82, 2.24) is 5.32 Å². The summed E-state index contributed by atoms with van der Waals surface area (Å²) in [5, 5.41) is 16.6. The van der Waals surface area contributed by atoms with Crippen molar-refractivity contribution in [2.75, 3.05) is 5.32 Å². The molecule has 4 nitrogen and oxygen atoms in total. The van der Waals surface area contributed by atoms with Crippen LogP contribution in [0.3, 0.4) is 0 Å². The lowest BCUT2D eigenvalue weighted by molar-refractivity contribution is -0.120. The summed E-state index contributed by atoms with van der Waals surface area (Å²) in [5.74, 6) is -0.0620. The lowest BCUT2D eigenvalue weighted by Gasteiger charge is -2.18. The Kier molecular flexibility index (Phi) is 6.45. The molecule has 1 atom stereocenters. The Hall–Kier alpha value is -3.01. The number of nitrogens with zero attached hydrogens (tertiary/aromatic N) is 1. The van der Waals surface area contributed by atoms with E-state index in [9.17, 15) is 10.1 Å². The molecule has 1 aromatic heterocycles. The normalized spacial score (nSPS) is 15.1. The van der Waals surface area contributed by atoms with E-state index in [2.05, 4.69) is 23.6 Å². The Morgan fingerprint density at radius 2 is 1.74 bits per heavy atom. The van der Waals surface area contributed by atoms with Crippen molar-refractivity contribution in [3.8, 4) is 6.07 Å². The van der Waals surface area contributed by atoms with E-state index in [4.69, 9.17) is 12.2 Å². The minimum absolute atomic E-state index is 0.205. The SMILES string of the molecule is C[C@H]1CCc2c(sc(NC(=S)NC(=O)C(c3ccccc3)c3ccccc3)c2C#N)C1. The van der Waals surface area contributed by atoms with E-state index in [1.54, 1.807) is 11.3 Å². The predicted octanol–water partition coefficient (Wildman–Crippen LogP) is 5.39. The molecule has 0 unspecified atom stereocenters. The van der Waals surface area contributed by atoms with E-state index < -0.39 is 5.92 Å². The molecule has 6 heteroatoms. The fourth-order valence-corrected chi connectivity index (χ4v) is 5.69. The van der Waals surface area contributed by atoms with E-state index in [0.717, 1.165) is 41.0 Å². The molecule has 2 N–H and O–H groups in total. The zero-order chi connectivity index (χ0) is 21.8. The standard InChI is InChI=1S/C25H23N3OS2/c1-16-12-13-19-20(15-26)24(31-21(19)14-16)28-25(30)27-23(29)22(17-8-4-2-5-9-17)18-10-6-3-7-11-18/h2-11,16,22H,12-14H2,1H3,(H2,27,28,29,30)/t16-/m0/s1. The van der Waals surface area contributed by atoms with Gasteiger partial charge in [-0.2, -0.15) is 5.26 Å². The molecule has 1 amide bonds. The van der Waals surface area contributed by atoms with E-state index in [0.29, 0.717) is 11.5 Å². The van der Waals surface area contributed by atoms with Gasteiger partial charge in [0.1, 0.15) is 11.1 Å². The number of thiophene rings is 1. The molecule has 0 aliphatic heterocycles. The lowest BCUT2D eigenvalue weighted by Crippen LogP contribution is -2.37. The molecule has 0 bridgehead atoms. The maximum Gasteiger partial charge on any atom is 0.238 e. The molecule has 0 radical (unpaired) electrons. The molecule has 0 fully saturated rings. The highest BCUT2D eigenvalue weighted by Crippen LogP contribution is 2.39. The Morgan fingerprint density at radius 3 is 2.32 bits per heavy atom. The third kappa shape index (κ3) is 4.68. The maximum atomic E-state index is 13.2. The second-order valence-corrected chi connectivity index (χ2v) is 9.38. The summed E-state index contributed by atoms with van der Waals surface area (Å²) < 4.78 is 0. The molecule has 0 saturated heterocycles. The number of carbonyl (C=O) groups excluding carboxylic acids is 1. The van der Waals surface area contributed by atoms with Crippen LogP contribution in [0.5, 0.6) is 0 Å². The Morgan fingerprint density at radius 1 is 1.13 bits per heavy atom. The summed E-state index contributed by atoms with van der Waals surface area (Å²) in [6.07, 6.45) is 3.00. The van der Waals surface area contributed by atoms with Gasteiger partial charge in [0.05, 0.1) is 11.5 Å². The number of rotatable bonds is 4. The first kappa shape index (κ1) is 21.2. The fourth-order valence-electron chi connectivity index (χ4n) is 4.06. The zero-order valence-corrected chi connectivity index (χ0v) is 18.9. The second-order valence-electron chi connectivity index (χ2n) is 7.87. The number of anilines is 1. The van der Waals surface area contributed by atoms with Crippen molar-refractivity contribution in [1.29, 1.82) is 5.26 Å². The lowest BCUT2D eigenvalue weighted by atomic mass is 9.89. The number of amides is 1. The smallest absolute Gasteiger partial charge is 0.238 e. The summed E-state index contributed by atoms with van der Waals surface area (Å²) in [6.45, 7) is 2.24. The number of benzene rings is 2. The van der Waals surface area contributed by atoms with Crippen molar-refractivity contribution in [3.63, 3.8) is 0 Å². The largest absolute Gasteiger partial charge is 0.323 e. The van der Waals surface area contributed by atoms with Crippen molar-refractivity contribution in [2.45, 2.75) is 32.1 Å².